The summed E-state index contributed by atoms with van der Waals surface area (Å²) in [5.74, 6) is 0.131. The predicted molar refractivity (Wildman–Crippen MR) is 105 cm³/mol. The number of hydrogen-bond acceptors (Lipinski definition) is 8. The molecule has 0 aliphatic heterocycles. The van der Waals surface area contributed by atoms with Crippen LogP contribution in [-0.2, 0) is 4.79 Å². The van der Waals surface area contributed by atoms with Gasteiger partial charge in [-0.25, -0.2) is 15.0 Å². The number of nitrogens with zero attached hydrogens (tertiary/aromatic N) is 4. The maximum atomic E-state index is 11.6. The van der Waals surface area contributed by atoms with E-state index in [9.17, 15) is 14.9 Å². The summed E-state index contributed by atoms with van der Waals surface area (Å²) in [6.45, 7) is 1.40. The molecule has 3 rings (SSSR count). The van der Waals surface area contributed by atoms with Gasteiger partial charge in [0.15, 0.2) is 0 Å². The van der Waals surface area contributed by atoms with Crippen LogP contribution in [0.25, 0.3) is 0 Å². The van der Waals surface area contributed by atoms with E-state index in [1.54, 1.807) is 36.4 Å². The van der Waals surface area contributed by atoms with Crippen molar-refractivity contribution in [3.63, 3.8) is 0 Å². The first-order valence-electron chi connectivity index (χ1n) is 7.95. The number of benzene rings is 1. The number of rotatable bonds is 6. The Kier molecular flexibility index (Phi) is 5.61. The molecule has 0 saturated carbocycles. The summed E-state index contributed by atoms with van der Waals surface area (Å²) in [6.07, 6.45) is 2.60. The van der Waals surface area contributed by atoms with Gasteiger partial charge in [-0.2, -0.15) is 0 Å². The van der Waals surface area contributed by atoms with E-state index in [0.29, 0.717) is 22.2 Å². The highest BCUT2D eigenvalue weighted by molar-refractivity contribution is 6.30. The highest BCUT2D eigenvalue weighted by atomic mass is 35.5. The van der Waals surface area contributed by atoms with Gasteiger partial charge in [-0.15, -0.1) is 0 Å². The highest BCUT2D eigenvalue weighted by Gasteiger charge is 2.23. The Morgan fingerprint density at radius 2 is 1.64 bits per heavy atom. The molecule has 3 N–H and O–H groups in total. The number of nitro groups is 1. The summed E-state index contributed by atoms with van der Waals surface area (Å²) in [4.78, 5) is 34.0. The fraction of sp³-hybridized carbons (Fsp3) is 0.0588. The quantitative estimate of drug-likeness (QED) is 0.419. The van der Waals surface area contributed by atoms with Gasteiger partial charge < -0.3 is 16.0 Å². The molecule has 0 aliphatic rings. The van der Waals surface area contributed by atoms with E-state index in [1.165, 1.54) is 19.4 Å². The molecule has 28 heavy (non-hydrogen) atoms. The van der Waals surface area contributed by atoms with Crippen LogP contribution >= 0.6 is 11.6 Å². The number of hydrogen-bond donors (Lipinski definition) is 3. The van der Waals surface area contributed by atoms with Crippen molar-refractivity contribution >= 4 is 52.0 Å². The largest absolute Gasteiger partial charge is 0.353 e. The van der Waals surface area contributed by atoms with Gasteiger partial charge in [0.25, 0.3) is 0 Å². The number of nitrogens with one attached hydrogen (secondary N) is 3. The molecule has 1 amide bonds. The maximum Gasteiger partial charge on any atom is 0.353 e. The Balaban J connectivity index is 1.87. The number of carbonyl (C=O) groups is 1. The fourth-order valence-corrected chi connectivity index (χ4v) is 2.39. The van der Waals surface area contributed by atoms with E-state index in [4.69, 9.17) is 11.6 Å². The first-order valence-corrected chi connectivity index (χ1v) is 8.33. The molecule has 0 radical (unpaired) electrons. The van der Waals surface area contributed by atoms with E-state index < -0.39 is 4.92 Å². The fourth-order valence-electron chi connectivity index (χ4n) is 2.28. The molecule has 0 unspecified atom stereocenters. The average Bonchev–Trinajstić information content (AvgIpc) is 2.65. The maximum absolute atomic E-state index is 11.6. The van der Waals surface area contributed by atoms with E-state index in [0.717, 1.165) is 0 Å². The van der Waals surface area contributed by atoms with Crippen LogP contribution in [0.15, 0.2) is 48.9 Å². The van der Waals surface area contributed by atoms with Crippen LogP contribution in [0.2, 0.25) is 5.02 Å². The minimum atomic E-state index is -0.591. The zero-order valence-electron chi connectivity index (χ0n) is 14.5. The lowest BCUT2D eigenvalue weighted by atomic mass is 10.2. The summed E-state index contributed by atoms with van der Waals surface area (Å²) >= 11 is 5.79. The van der Waals surface area contributed by atoms with Crippen LogP contribution in [0.1, 0.15) is 6.92 Å². The molecule has 2 aromatic heterocycles. The molecule has 0 fully saturated rings. The molecule has 0 aliphatic carbocycles. The smallest absolute Gasteiger partial charge is 0.334 e. The topological polar surface area (TPSA) is 135 Å². The van der Waals surface area contributed by atoms with Crippen molar-refractivity contribution in [3.05, 3.63) is 64.1 Å². The number of aromatic nitrogens is 3. The highest BCUT2D eigenvalue weighted by Crippen LogP contribution is 2.32. The molecule has 142 valence electrons. The summed E-state index contributed by atoms with van der Waals surface area (Å²) in [6, 6.07) is 9.80. The van der Waals surface area contributed by atoms with Crippen molar-refractivity contribution in [2.75, 3.05) is 16.0 Å². The van der Waals surface area contributed by atoms with Gasteiger partial charge in [-0.1, -0.05) is 11.6 Å². The molecule has 2 heterocycles. The third kappa shape index (κ3) is 4.68. The van der Waals surface area contributed by atoms with Gasteiger partial charge in [0.2, 0.25) is 17.5 Å². The molecule has 0 saturated heterocycles. The second-order valence-corrected chi connectivity index (χ2v) is 5.98. The normalized spacial score (nSPS) is 10.2. The molecule has 3 aromatic rings. The Bertz CT molecular complexity index is 1010. The lowest BCUT2D eigenvalue weighted by molar-refractivity contribution is -0.383. The summed E-state index contributed by atoms with van der Waals surface area (Å²) in [5.41, 5.74) is 0.808. The van der Waals surface area contributed by atoms with Crippen molar-refractivity contribution in [1.82, 2.24) is 15.0 Å². The van der Waals surface area contributed by atoms with Gasteiger partial charge >= 0.3 is 5.69 Å². The van der Waals surface area contributed by atoms with Gasteiger partial charge in [0.1, 0.15) is 12.1 Å². The second-order valence-electron chi connectivity index (χ2n) is 5.55. The monoisotopic (exact) mass is 399 g/mol. The molecular weight excluding hydrogens is 386 g/mol. The van der Waals surface area contributed by atoms with Crippen LogP contribution in [0.5, 0.6) is 0 Å². The van der Waals surface area contributed by atoms with Crippen LogP contribution in [0.4, 0.5) is 34.5 Å². The standard InChI is InChI=1S/C17H14ClN7O3/c1-10(26)22-12-3-5-13(6-4-12)23-16-15(25(27)28)17(21-9-20-16)24-14-7-2-11(18)8-19-14/h2-9H,1H3,(H,22,26)(H2,19,20,21,23,24). The van der Waals surface area contributed by atoms with Crippen LogP contribution in [0.3, 0.4) is 0 Å². The molecule has 1 aromatic carbocycles. The Morgan fingerprint density at radius 3 is 2.21 bits per heavy atom. The van der Waals surface area contributed by atoms with Crippen molar-refractivity contribution in [3.8, 4) is 0 Å². The molecule has 0 spiro atoms. The lowest BCUT2D eigenvalue weighted by Crippen LogP contribution is -2.07. The van der Waals surface area contributed by atoms with Crippen LogP contribution in [-0.4, -0.2) is 25.8 Å². The second kappa shape index (κ2) is 8.27. The van der Waals surface area contributed by atoms with Crippen molar-refractivity contribution in [2.24, 2.45) is 0 Å². The van der Waals surface area contributed by atoms with E-state index in [2.05, 4.69) is 30.9 Å². The first kappa shape index (κ1) is 19.0. The van der Waals surface area contributed by atoms with E-state index in [-0.39, 0.29) is 23.2 Å². The molecule has 0 atom stereocenters. The minimum Gasteiger partial charge on any atom is -0.334 e. The van der Waals surface area contributed by atoms with Gasteiger partial charge in [-0.05, 0) is 36.4 Å². The Morgan fingerprint density at radius 1 is 1.00 bits per heavy atom. The number of pyridine rings is 1. The minimum absolute atomic E-state index is 0.00346. The number of halogens is 1. The lowest BCUT2D eigenvalue weighted by Gasteiger charge is -2.10. The average molecular weight is 400 g/mol. The third-order valence-electron chi connectivity index (χ3n) is 3.45. The first-order chi connectivity index (χ1) is 13.4. The summed E-state index contributed by atoms with van der Waals surface area (Å²) < 4.78 is 0. The Hall–Kier alpha value is -3.79. The van der Waals surface area contributed by atoms with Crippen LogP contribution < -0.4 is 16.0 Å². The zero-order valence-corrected chi connectivity index (χ0v) is 15.3. The van der Waals surface area contributed by atoms with Crippen LogP contribution in [0, 0.1) is 10.1 Å². The van der Waals surface area contributed by atoms with Gasteiger partial charge in [0, 0.05) is 24.5 Å². The van der Waals surface area contributed by atoms with Crippen molar-refractivity contribution < 1.29 is 9.72 Å². The van der Waals surface area contributed by atoms with Crippen molar-refractivity contribution in [2.45, 2.75) is 6.92 Å². The summed E-state index contributed by atoms with van der Waals surface area (Å²) in [5, 5.41) is 20.4. The molecule has 0 bridgehead atoms. The molecule has 10 nitrogen and oxygen atoms in total. The zero-order chi connectivity index (χ0) is 20.1. The molecule has 11 heteroatoms. The number of anilines is 5. The summed E-state index contributed by atoms with van der Waals surface area (Å²) in [7, 11) is 0. The van der Waals surface area contributed by atoms with E-state index in [1.807, 2.05) is 0 Å². The third-order valence-corrected chi connectivity index (χ3v) is 3.67. The molecular formula is C17H14ClN7O3. The number of amides is 1. The SMILES string of the molecule is CC(=O)Nc1ccc(Nc2ncnc(Nc3ccc(Cl)cn3)c2[N+](=O)[O-])cc1. The van der Waals surface area contributed by atoms with E-state index >= 15 is 0 Å². The van der Waals surface area contributed by atoms with Gasteiger partial charge in [-0.3, -0.25) is 14.9 Å². The number of carbonyl (C=O) groups excluding carboxylic acids is 1. The predicted octanol–water partition coefficient (Wildman–Crippen LogP) is 3.88. The van der Waals surface area contributed by atoms with Gasteiger partial charge in [0.05, 0.1) is 9.95 Å². The van der Waals surface area contributed by atoms with Crippen molar-refractivity contribution in [1.29, 1.82) is 0 Å². The Labute approximate surface area is 164 Å².